The fourth-order valence-corrected chi connectivity index (χ4v) is 3.06. The molecule has 0 amide bonds. The molecule has 16 heavy (non-hydrogen) atoms. The van der Waals surface area contributed by atoms with E-state index in [9.17, 15) is 0 Å². The Morgan fingerprint density at radius 2 is 2.25 bits per heavy atom. The van der Waals surface area contributed by atoms with Crippen LogP contribution in [0.5, 0.6) is 0 Å². The lowest BCUT2D eigenvalue weighted by atomic mass is 9.86. The number of nitrogens with two attached hydrogens (primary N) is 1. The van der Waals surface area contributed by atoms with Gasteiger partial charge in [0.2, 0.25) is 0 Å². The first-order chi connectivity index (χ1) is 7.78. The molecule has 0 aromatic heterocycles. The van der Waals surface area contributed by atoms with Gasteiger partial charge in [0.1, 0.15) is 0 Å². The van der Waals surface area contributed by atoms with E-state index in [-0.39, 0.29) is 0 Å². The minimum atomic E-state index is 0.460. The Bertz CT molecular complexity index is 210. The van der Waals surface area contributed by atoms with E-state index in [1.807, 2.05) is 0 Å². The van der Waals surface area contributed by atoms with E-state index in [0.29, 0.717) is 12.1 Å². The molecule has 2 rings (SSSR count). The average molecular weight is 226 g/mol. The van der Waals surface area contributed by atoms with Crippen molar-refractivity contribution in [3.63, 3.8) is 0 Å². The lowest BCUT2D eigenvalue weighted by Gasteiger charge is -2.36. The largest absolute Gasteiger partial charge is 0.376 e. The van der Waals surface area contributed by atoms with Crippen molar-refractivity contribution in [2.45, 2.75) is 51.2 Å². The Balaban J connectivity index is 1.75. The lowest BCUT2D eigenvalue weighted by molar-refractivity contribution is -0.0357. The first-order valence-corrected chi connectivity index (χ1v) is 6.87. The molecule has 1 heterocycles. The van der Waals surface area contributed by atoms with Crippen LogP contribution in [0.25, 0.3) is 0 Å². The van der Waals surface area contributed by atoms with E-state index in [2.05, 4.69) is 11.8 Å². The molecule has 3 atom stereocenters. The summed E-state index contributed by atoms with van der Waals surface area (Å²) in [7, 11) is 0. The molecule has 1 saturated heterocycles. The Hall–Kier alpha value is -0.120. The summed E-state index contributed by atoms with van der Waals surface area (Å²) in [5.74, 6) is 0.833. The zero-order valence-corrected chi connectivity index (χ0v) is 10.5. The zero-order valence-electron chi connectivity index (χ0n) is 10.5. The van der Waals surface area contributed by atoms with Crippen LogP contribution < -0.4 is 5.73 Å². The van der Waals surface area contributed by atoms with Gasteiger partial charge in [-0.15, -0.1) is 0 Å². The van der Waals surface area contributed by atoms with Gasteiger partial charge in [-0.2, -0.15) is 0 Å². The highest BCUT2D eigenvalue weighted by Gasteiger charge is 2.24. The topological polar surface area (TPSA) is 38.5 Å². The fourth-order valence-electron chi connectivity index (χ4n) is 3.06. The van der Waals surface area contributed by atoms with Crippen LogP contribution >= 0.6 is 0 Å². The number of rotatable bonds is 3. The molecule has 0 aromatic rings. The third-order valence-corrected chi connectivity index (χ3v) is 4.02. The third kappa shape index (κ3) is 3.44. The molecule has 1 saturated carbocycles. The summed E-state index contributed by atoms with van der Waals surface area (Å²) in [6.45, 7) is 6.61. The number of ether oxygens (including phenoxy) is 1. The Morgan fingerprint density at radius 3 is 3.00 bits per heavy atom. The van der Waals surface area contributed by atoms with Crippen LogP contribution in [0.15, 0.2) is 0 Å². The quantitative estimate of drug-likeness (QED) is 0.794. The van der Waals surface area contributed by atoms with E-state index >= 15 is 0 Å². The molecule has 3 heteroatoms. The summed E-state index contributed by atoms with van der Waals surface area (Å²) in [6, 6.07) is 0.460. The molecule has 94 valence electrons. The molecule has 2 fully saturated rings. The summed E-state index contributed by atoms with van der Waals surface area (Å²) in [5, 5.41) is 0. The third-order valence-electron chi connectivity index (χ3n) is 4.02. The normalized spacial score (nSPS) is 37.5. The highest BCUT2D eigenvalue weighted by atomic mass is 16.5. The Labute approximate surface area is 99.3 Å². The molecule has 0 aromatic carbocycles. The maximum atomic E-state index is 6.04. The summed E-state index contributed by atoms with van der Waals surface area (Å²) in [5.41, 5.74) is 6.04. The summed E-state index contributed by atoms with van der Waals surface area (Å²) >= 11 is 0. The molecule has 0 spiro atoms. The molecular formula is C13H26N2O. The maximum absolute atomic E-state index is 6.04. The summed E-state index contributed by atoms with van der Waals surface area (Å²) in [6.07, 6.45) is 6.77. The minimum Gasteiger partial charge on any atom is -0.376 e. The van der Waals surface area contributed by atoms with E-state index in [0.717, 1.165) is 32.0 Å². The average Bonchev–Trinajstić information content (AvgIpc) is 2.29. The molecule has 3 nitrogen and oxygen atoms in total. The molecule has 2 N–H and O–H groups in total. The molecule has 1 aliphatic carbocycles. The van der Waals surface area contributed by atoms with Crippen LogP contribution in [-0.2, 0) is 4.74 Å². The fraction of sp³-hybridized carbons (Fsp3) is 1.00. The highest BCUT2D eigenvalue weighted by Crippen LogP contribution is 2.24. The standard InChI is InChI=1S/C13H26N2O/c1-2-13-10-15(6-7-16-13)9-11-4-3-5-12(14)8-11/h11-13H,2-10,14H2,1H3. The summed E-state index contributed by atoms with van der Waals surface area (Å²) in [4.78, 5) is 2.58. The number of hydrogen-bond acceptors (Lipinski definition) is 3. The van der Waals surface area contributed by atoms with Crippen molar-refractivity contribution in [3.8, 4) is 0 Å². The monoisotopic (exact) mass is 226 g/mol. The molecule has 3 unspecified atom stereocenters. The van der Waals surface area contributed by atoms with Gasteiger partial charge in [-0.25, -0.2) is 0 Å². The summed E-state index contributed by atoms with van der Waals surface area (Å²) < 4.78 is 5.70. The van der Waals surface area contributed by atoms with E-state index in [1.165, 1.54) is 32.2 Å². The molecule has 1 aliphatic heterocycles. The first-order valence-electron chi connectivity index (χ1n) is 6.87. The van der Waals surface area contributed by atoms with E-state index in [4.69, 9.17) is 10.5 Å². The highest BCUT2D eigenvalue weighted by molar-refractivity contribution is 4.79. The minimum absolute atomic E-state index is 0.460. The van der Waals surface area contributed by atoms with Gasteiger partial charge in [0.15, 0.2) is 0 Å². The van der Waals surface area contributed by atoms with Gasteiger partial charge < -0.3 is 10.5 Å². The number of nitrogens with zero attached hydrogens (tertiary/aromatic N) is 1. The number of morpholine rings is 1. The van der Waals surface area contributed by atoms with Crippen molar-refractivity contribution in [2.24, 2.45) is 11.7 Å². The van der Waals surface area contributed by atoms with Gasteiger partial charge in [-0.3, -0.25) is 4.90 Å². The molecule has 0 bridgehead atoms. The van der Waals surface area contributed by atoms with Gasteiger partial charge in [0, 0.05) is 25.7 Å². The van der Waals surface area contributed by atoms with Gasteiger partial charge in [0.05, 0.1) is 12.7 Å². The van der Waals surface area contributed by atoms with Gasteiger partial charge in [-0.1, -0.05) is 13.3 Å². The Kier molecular flexibility index (Phi) is 4.62. The van der Waals surface area contributed by atoms with Crippen LogP contribution in [0.3, 0.4) is 0 Å². The second-order valence-electron chi connectivity index (χ2n) is 5.45. The molecule has 0 radical (unpaired) electrons. The smallest absolute Gasteiger partial charge is 0.0700 e. The van der Waals surface area contributed by atoms with Crippen LogP contribution in [0.4, 0.5) is 0 Å². The molecule has 2 aliphatic rings. The Morgan fingerprint density at radius 1 is 1.38 bits per heavy atom. The van der Waals surface area contributed by atoms with Crippen molar-refractivity contribution in [3.05, 3.63) is 0 Å². The van der Waals surface area contributed by atoms with Gasteiger partial charge in [-0.05, 0) is 31.6 Å². The van der Waals surface area contributed by atoms with Crippen LogP contribution in [0.2, 0.25) is 0 Å². The predicted molar refractivity (Wildman–Crippen MR) is 66.4 cm³/mol. The maximum Gasteiger partial charge on any atom is 0.0700 e. The van der Waals surface area contributed by atoms with Crippen molar-refractivity contribution in [2.75, 3.05) is 26.2 Å². The van der Waals surface area contributed by atoms with Crippen molar-refractivity contribution in [1.82, 2.24) is 4.90 Å². The first kappa shape index (κ1) is 12.3. The zero-order chi connectivity index (χ0) is 11.4. The number of hydrogen-bond donors (Lipinski definition) is 1. The van der Waals surface area contributed by atoms with Crippen molar-refractivity contribution < 1.29 is 4.74 Å². The molecular weight excluding hydrogens is 200 g/mol. The van der Waals surface area contributed by atoms with Gasteiger partial charge >= 0.3 is 0 Å². The van der Waals surface area contributed by atoms with E-state index < -0.39 is 0 Å². The van der Waals surface area contributed by atoms with Crippen molar-refractivity contribution in [1.29, 1.82) is 0 Å². The van der Waals surface area contributed by atoms with Crippen molar-refractivity contribution >= 4 is 0 Å². The van der Waals surface area contributed by atoms with Gasteiger partial charge in [0.25, 0.3) is 0 Å². The van der Waals surface area contributed by atoms with E-state index in [1.54, 1.807) is 0 Å². The predicted octanol–water partition coefficient (Wildman–Crippen LogP) is 1.61. The van der Waals surface area contributed by atoms with Crippen LogP contribution in [-0.4, -0.2) is 43.3 Å². The second kappa shape index (κ2) is 5.99. The lowest BCUT2D eigenvalue weighted by Crippen LogP contribution is -2.45. The second-order valence-corrected chi connectivity index (χ2v) is 5.45. The SMILES string of the molecule is CCC1CN(CC2CCCC(N)C2)CCO1. The van der Waals surface area contributed by atoms with Crippen LogP contribution in [0.1, 0.15) is 39.0 Å². The van der Waals surface area contributed by atoms with Crippen LogP contribution in [0, 0.1) is 5.92 Å².